The zero-order valence-electron chi connectivity index (χ0n) is 12.0. The van der Waals surface area contributed by atoms with Crippen LogP contribution in [-0.4, -0.2) is 40.3 Å². The predicted molar refractivity (Wildman–Crippen MR) is 73.6 cm³/mol. The zero-order chi connectivity index (χ0) is 15.5. The first-order chi connectivity index (χ1) is 9.36. The normalized spacial score (nSPS) is 13.3. The highest BCUT2D eigenvalue weighted by Gasteiger charge is 2.23. The van der Waals surface area contributed by atoms with Gasteiger partial charge in [0.05, 0.1) is 6.42 Å². The van der Waals surface area contributed by atoms with E-state index >= 15 is 0 Å². The maximum atomic E-state index is 11.6. The van der Waals surface area contributed by atoms with Crippen molar-refractivity contribution in [3.05, 3.63) is 0 Å². The second-order valence-electron chi connectivity index (χ2n) is 4.86. The fraction of sp³-hybridized carbons (Fsp3) is 0.769. The molecular formula is C13H24N2O5. The van der Waals surface area contributed by atoms with Gasteiger partial charge in [-0.2, -0.15) is 0 Å². The molecule has 0 aliphatic rings. The summed E-state index contributed by atoms with van der Waals surface area (Å²) in [5.74, 6) is -2.64. The lowest BCUT2D eigenvalue weighted by molar-refractivity contribution is -0.145. The molecule has 0 aromatic heterocycles. The van der Waals surface area contributed by atoms with Gasteiger partial charge in [0.2, 0.25) is 0 Å². The highest BCUT2D eigenvalue weighted by atomic mass is 16.4. The van der Waals surface area contributed by atoms with Crippen molar-refractivity contribution < 1.29 is 24.6 Å². The zero-order valence-corrected chi connectivity index (χ0v) is 12.0. The van der Waals surface area contributed by atoms with Gasteiger partial charge in [0.25, 0.3) is 0 Å². The van der Waals surface area contributed by atoms with Crippen LogP contribution in [0, 0.1) is 0 Å². The average molecular weight is 288 g/mol. The molecule has 2 amide bonds. The van der Waals surface area contributed by atoms with Crippen LogP contribution in [0.25, 0.3) is 0 Å². The van der Waals surface area contributed by atoms with Crippen molar-refractivity contribution in [3.63, 3.8) is 0 Å². The molecule has 0 heterocycles. The SMILES string of the molecule is CCCCCCC(C)NC(=O)NC(CC(=O)O)C(=O)O. The van der Waals surface area contributed by atoms with E-state index in [0.717, 1.165) is 32.1 Å². The molecule has 7 nitrogen and oxygen atoms in total. The second-order valence-corrected chi connectivity index (χ2v) is 4.86. The van der Waals surface area contributed by atoms with Crippen LogP contribution in [0.4, 0.5) is 4.79 Å². The van der Waals surface area contributed by atoms with Crippen molar-refractivity contribution in [2.75, 3.05) is 0 Å². The van der Waals surface area contributed by atoms with E-state index in [1.807, 2.05) is 6.92 Å². The highest BCUT2D eigenvalue weighted by molar-refractivity contribution is 5.86. The Morgan fingerprint density at radius 3 is 2.20 bits per heavy atom. The molecule has 116 valence electrons. The highest BCUT2D eigenvalue weighted by Crippen LogP contribution is 2.05. The number of unbranched alkanes of at least 4 members (excludes halogenated alkanes) is 3. The molecule has 0 rings (SSSR count). The van der Waals surface area contributed by atoms with Crippen LogP contribution >= 0.6 is 0 Å². The fourth-order valence-corrected chi connectivity index (χ4v) is 1.75. The number of nitrogens with one attached hydrogen (secondary N) is 2. The first kappa shape index (κ1) is 18.2. The number of carboxylic acids is 2. The van der Waals surface area contributed by atoms with E-state index < -0.39 is 30.4 Å². The number of carboxylic acid groups (broad SMARTS) is 2. The Balaban J connectivity index is 4.05. The van der Waals surface area contributed by atoms with E-state index in [1.165, 1.54) is 0 Å². The number of hydrogen-bond acceptors (Lipinski definition) is 3. The van der Waals surface area contributed by atoms with Crippen LogP contribution in [0.2, 0.25) is 0 Å². The predicted octanol–water partition coefficient (Wildman–Crippen LogP) is 1.57. The lowest BCUT2D eigenvalue weighted by Gasteiger charge is -2.17. The van der Waals surface area contributed by atoms with Crippen molar-refractivity contribution in [1.29, 1.82) is 0 Å². The third-order valence-corrected chi connectivity index (χ3v) is 2.85. The van der Waals surface area contributed by atoms with E-state index in [4.69, 9.17) is 10.2 Å². The van der Waals surface area contributed by atoms with E-state index in [2.05, 4.69) is 17.6 Å². The molecule has 7 heteroatoms. The molecule has 0 aromatic rings. The number of carbonyl (C=O) groups excluding carboxylic acids is 1. The quantitative estimate of drug-likeness (QED) is 0.455. The molecule has 0 aliphatic heterocycles. The van der Waals surface area contributed by atoms with Gasteiger partial charge in [0.1, 0.15) is 6.04 Å². The van der Waals surface area contributed by atoms with Gasteiger partial charge in [0.15, 0.2) is 0 Å². The Kier molecular flexibility index (Phi) is 9.15. The Hall–Kier alpha value is -1.79. The summed E-state index contributed by atoms with van der Waals surface area (Å²) in [7, 11) is 0. The van der Waals surface area contributed by atoms with E-state index in [-0.39, 0.29) is 6.04 Å². The van der Waals surface area contributed by atoms with Crippen LogP contribution < -0.4 is 10.6 Å². The Labute approximate surface area is 118 Å². The van der Waals surface area contributed by atoms with E-state index in [9.17, 15) is 14.4 Å². The van der Waals surface area contributed by atoms with Gasteiger partial charge in [-0.25, -0.2) is 9.59 Å². The van der Waals surface area contributed by atoms with Gasteiger partial charge in [-0.3, -0.25) is 4.79 Å². The molecular weight excluding hydrogens is 264 g/mol. The lowest BCUT2D eigenvalue weighted by Crippen LogP contribution is -2.49. The standard InChI is InChI=1S/C13H24N2O5/c1-3-4-5-6-7-9(2)14-13(20)15-10(12(18)19)8-11(16)17/h9-10H,3-8H2,1-2H3,(H,16,17)(H,18,19)(H2,14,15,20). The van der Waals surface area contributed by atoms with Gasteiger partial charge < -0.3 is 20.8 Å². The first-order valence-corrected chi connectivity index (χ1v) is 6.88. The third-order valence-electron chi connectivity index (χ3n) is 2.85. The van der Waals surface area contributed by atoms with Crippen molar-refractivity contribution in [1.82, 2.24) is 10.6 Å². The average Bonchev–Trinajstić information content (AvgIpc) is 2.33. The van der Waals surface area contributed by atoms with E-state index in [0.29, 0.717) is 0 Å². The summed E-state index contributed by atoms with van der Waals surface area (Å²) in [6, 6.07) is -2.15. The van der Waals surface area contributed by atoms with Crippen LogP contribution in [0.5, 0.6) is 0 Å². The van der Waals surface area contributed by atoms with Crippen LogP contribution in [-0.2, 0) is 9.59 Å². The largest absolute Gasteiger partial charge is 0.481 e. The number of aliphatic carboxylic acids is 2. The summed E-state index contributed by atoms with van der Waals surface area (Å²) in [4.78, 5) is 32.8. The molecule has 0 aromatic carbocycles. The number of carbonyl (C=O) groups is 3. The monoisotopic (exact) mass is 288 g/mol. The summed E-state index contributed by atoms with van der Waals surface area (Å²) >= 11 is 0. The summed E-state index contributed by atoms with van der Waals surface area (Å²) in [5, 5.41) is 22.1. The first-order valence-electron chi connectivity index (χ1n) is 6.88. The molecule has 20 heavy (non-hydrogen) atoms. The van der Waals surface area contributed by atoms with E-state index in [1.54, 1.807) is 0 Å². The van der Waals surface area contributed by atoms with Gasteiger partial charge >= 0.3 is 18.0 Å². The van der Waals surface area contributed by atoms with Crippen LogP contribution in [0.15, 0.2) is 0 Å². The van der Waals surface area contributed by atoms with Gasteiger partial charge in [-0.15, -0.1) is 0 Å². The summed E-state index contributed by atoms with van der Waals surface area (Å²) in [6.45, 7) is 3.95. The molecule has 4 N–H and O–H groups in total. The Bertz CT molecular complexity index is 333. The topological polar surface area (TPSA) is 116 Å². The minimum Gasteiger partial charge on any atom is -0.481 e. The van der Waals surface area contributed by atoms with Gasteiger partial charge in [0, 0.05) is 6.04 Å². The maximum Gasteiger partial charge on any atom is 0.326 e. The van der Waals surface area contributed by atoms with Crippen LogP contribution in [0.3, 0.4) is 0 Å². The molecule has 0 saturated carbocycles. The molecule has 0 saturated heterocycles. The minimum atomic E-state index is -1.42. The Morgan fingerprint density at radius 2 is 1.70 bits per heavy atom. The van der Waals surface area contributed by atoms with Crippen molar-refractivity contribution in [2.24, 2.45) is 0 Å². The van der Waals surface area contributed by atoms with Crippen molar-refractivity contribution in [2.45, 2.75) is 64.5 Å². The summed E-state index contributed by atoms with van der Waals surface area (Å²) in [6.07, 6.45) is 4.54. The van der Waals surface area contributed by atoms with Crippen molar-refractivity contribution >= 4 is 18.0 Å². The summed E-state index contributed by atoms with van der Waals surface area (Å²) in [5.41, 5.74) is 0. The maximum absolute atomic E-state index is 11.6. The number of hydrogen-bond donors (Lipinski definition) is 4. The molecule has 0 fully saturated rings. The molecule has 2 atom stereocenters. The third kappa shape index (κ3) is 9.18. The number of urea groups is 1. The van der Waals surface area contributed by atoms with Crippen molar-refractivity contribution in [3.8, 4) is 0 Å². The molecule has 0 bridgehead atoms. The second kappa shape index (κ2) is 10.1. The van der Waals surface area contributed by atoms with Crippen LogP contribution in [0.1, 0.15) is 52.4 Å². The van der Waals surface area contributed by atoms with Gasteiger partial charge in [-0.05, 0) is 13.3 Å². The fourth-order valence-electron chi connectivity index (χ4n) is 1.75. The minimum absolute atomic E-state index is 0.0777. The molecule has 0 aliphatic carbocycles. The summed E-state index contributed by atoms with van der Waals surface area (Å²) < 4.78 is 0. The molecule has 2 unspecified atom stereocenters. The molecule has 0 radical (unpaired) electrons. The molecule has 0 spiro atoms. The number of rotatable bonds is 10. The smallest absolute Gasteiger partial charge is 0.326 e. The number of amides is 2. The Morgan fingerprint density at radius 1 is 1.05 bits per heavy atom. The lowest BCUT2D eigenvalue weighted by atomic mass is 10.1. The van der Waals surface area contributed by atoms with Gasteiger partial charge in [-0.1, -0.05) is 32.6 Å².